The second kappa shape index (κ2) is 4.64. The molecule has 1 aliphatic heterocycles. The number of anilines is 1. The Morgan fingerprint density at radius 1 is 1.56 bits per heavy atom. The van der Waals surface area contributed by atoms with Gasteiger partial charge in [-0.1, -0.05) is 11.3 Å². The van der Waals surface area contributed by atoms with Crippen LogP contribution >= 0.6 is 11.3 Å². The molecule has 0 aliphatic carbocycles. The standard InChI is InChI=1S/C8H14N4O2S2/c1-6-10-11-8(15-6)12-16(13,14)5-7-3-2-4-9-7/h7,9H,2-5H2,1H3,(H,11,12). The summed E-state index contributed by atoms with van der Waals surface area (Å²) in [5.41, 5.74) is 0. The molecule has 6 nitrogen and oxygen atoms in total. The Morgan fingerprint density at radius 3 is 2.94 bits per heavy atom. The topological polar surface area (TPSA) is 84.0 Å². The Balaban J connectivity index is 1.96. The largest absolute Gasteiger partial charge is 0.313 e. The fourth-order valence-electron chi connectivity index (χ4n) is 1.68. The summed E-state index contributed by atoms with van der Waals surface area (Å²) in [7, 11) is -3.31. The average molecular weight is 262 g/mol. The lowest BCUT2D eigenvalue weighted by molar-refractivity contribution is 0.581. The van der Waals surface area contributed by atoms with Crippen LogP contribution in [0.25, 0.3) is 0 Å². The molecule has 1 unspecified atom stereocenters. The van der Waals surface area contributed by atoms with Crippen molar-refractivity contribution >= 4 is 26.5 Å². The first kappa shape index (κ1) is 11.7. The van der Waals surface area contributed by atoms with Crippen LogP contribution in [0.1, 0.15) is 17.8 Å². The summed E-state index contributed by atoms with van der Waals surface area (Å²) in [6.45, 7) is 2.69. The smallest absolute Gasteiger partial charge is 0.236 e. The first-order valence-corrected chi connectivity index (χ1v) is 7.56. The monoisotopic (exact) mass is 262 g/mol. The SMILES string of the molecule is Cc1nnc(NS(=O)(=O)CC2CCCN2)s1. The maximum absolute atomic E-state index is 11.8. The van der Waals surface area contributed by atoms with Crippen LogP contribution in [0.15, 0.2) is 0 Å². The zero-order valence-corrected chi connectivity index (χ0v) is 10.6. The van der Waals surface area contributed by atoms with Gasteiger partial charge in [0.2, 0.25) is 15.2 Å². The van der Waals surface area contributed by atoms with Crippen molar-refractivity contribution in [2.45, 2.75) is 25.8 Å². The Bertz CT molecular complexity index is 450. The van der Waals surface area contributed by atoms with Gasteiger partial charge in [0, 0.05) is 6.04 Å². The fourth-order valence-corrected chi connectivity index (χ4v) is 3.87. The van der Waals surface area contributed by atoms with Crippen LogP contribution in [0.5, 0.6) is 0 Å². The first-order valence-electron chi connectivity index (χ1n) is 5.09. The van der Waals surface area contributed by atoms with Crippen molar-refractivity contribution in [2.24, 2.45) is 0 Å². The summed E-state index contributed by atoms with van der Waals surface area (Å²) in [6.07, 6.45) is 1.95. The molecule has 0 radical (unpaired) electrons. The predicted octanol–water partition coefficient (Wildman–Crippen LogP) is 0.340. The van der Waals surface area contributed by atoms with Gasteiger partial charge in [-0.2, -0.15) is 0 Å². The van der Waals surface area contributed by atoms with E-state index >= 15 is 0 Å². The third-order valence-corrected chi connectivity index (χ3v) is 4.58. The van der Waals surface area contributed by atoms with Crippen LogP contribution in [-0.4, -0.2) is 37.0 Å². The zero-order valence-electron chi connectivity index (χ0n) is 8.93. The van der Waals surface area contributed by atoms with Gasteiger partial charge < -0.3 is 5.32 Å². The average Bonchev–Trinajstić information content (AvgIpc) is 2.76. The van der Waals surface area contributed by atoms with Gasteiger partial charge >= 0.3 is 0 Å². The van der Waals surface area contributed by atoms with Crippen LogP contribution in [0.2, 0.25) is 0 Å². The molecule has 0 spiro atoms. The maximum Gasteiger partial charge on any atom is 0.236 e. The Hall–Kier alpha value is -0.730. The van der Waals surface area contributed by atoms with Gasteiger partial charge in [0.05, 0.1) is 5.75 Å². The fraction of sp³-hybridized carbons (Fsp3) is 0.750. The van der Waals surface area contributed by atoms with E-state index in [4.69, 9.17) is 0 Å². The minimum atomic E-state index is -3.31. The molecule has 2 rings (SSSR count). The molecule has 16 heavy (non-hydrogen) atoms. The minimum absolute atomic E-state index is 0.0616. The van der Waals surface area contributed by atoms with Crippen molar-refractivity contribution in [3.63, 3.8) is 0 Å². The minimum Gasteiger partial charge on any atom is -0.313 e. The lowest BCUT2D eigenvalue weighted by Gasteiger charge is -2.10. The van der Waals surface area contributed by atoms with Crippen LogP contribution < -0.4 is 10.0 Å². The Morgan fingerprint density at radius 2 is 2.38 bits per heavy atom. The van der Waals surface area contributed by atoms with E-state index in [1.807, 2.05) is 0 Å². The first-order chi connectivity index (χ1) is 7.55. The van der Waals surface area contributed by atoms with Gasteiger partial charge in [-0.3, -0.25) is 4.72 Å². The number of aryl methyl sites for hydroxylation is 1. The van der Waals surface area contributed by atoms with E-state index in [2.05, 4.69) is 20.2 Å². The molecule has 0 saturated carbocycles. The molecule has 1 aliphatic rings. The number of nitrogens with one attached hydrogen (secondary N) is 2. The quantitative estimate of drug-likeness (QED) is 0.817. The van der Waals surface area contributed by atoms with E-state index < -0.39 is 10.0 Å². The third kappa shape index (κ3) is 3.13. The summed E-state index contributed by atoms with van der Waals surface area (Å²) >= 11 is 1.24. The molecule has 0 bridgehead atoms. The van der Waals surface area contributed by atoms with Crippen molar-refractivity contribution in [1.82, 2.24) is 15.5 Å². The van der Waals surface area contributed by atoms with Crippen LogP contribution in [0, 0.1) is 6.92 Å². The molecule has 1 fully saturated rings. The second-order valence-corrected chi connectivity index (χ2v) is 6.75. The highest BCUT2D eigenvalue weighted by Gasteiger charge is 2.22. The van der Waals surface area contributed by atoms with Crippen molar-refractivity contribution in [1.29, 1.82) is 0 Å². The Kier molecular flexibility index (Phi) is 3.41. The maximum atomic E-state index is 11.8. The van der Waals surface area contributed by atoms with Crippen LogP contribution in [0.4, 0.5) is 5.13 Å². The van der Waals surface area contributed by atoms with Gasteiger partial charge in [-0.25, -0.2) is 8.42 Å². The number of hydrogen-bond donors (Lipinski definition) is 2. The number of sulfonamides is 1. The predicted molar refractivity (Wildman–Crippen MR) is 63.1 cm³/mol. The van der Waals surface area contributed by atoms with Gasteiger partial charge in [-0.05, 0) is 26.3 Å². The molecule has 8 heteroatoms. The lowest BCUT2D eigenvalue weighted by Crippen LogP contribution is -2.32. The summed E-state index contributed by atoms with van der Waals surface area (Å²) in [5.74, 6) is 0.103. The molecule has 1 saturated heterocycles. The van der Waals surface area contributed by atoms with Gasteiger partial charge in [-0.15, -0.1) is 10.2 Å². The molecule has 1 aromatic heterocycles. The second-order valence-electron chi connectivity index (χ2n) is 3.80. The normalized spacial score (nSPS) is 21.2. The molecule has 0 aromatic carbocycles. The molecule has 2 heterocycles. The Labute approximate surface area is 98.5 Å². The highest BCUT2D eigenvalue weighted by Crippen LogP contribution is 2.16. The summed E-state index contributed by atoms with van der Waals surface area (Å²) in [6, 6.07) is 0.0616. The highest BCUT2D eigenvalue weighted by atomic mass is 32.2. The van der Waals surface area contributed by atoms with E-state index in [0.29, 0.717) is 5.13 Å². The number of aromatic nitrogens is 2. The zero-order chi connectivity index (χ0) is 11.6. The van der Waals surface area contributed by atoms with Crippen molar-refractivity contribution in [2.75, 3.05) is 17.0 Å². The molecule has 0 amide bonds. The van der Waals surface area contributed by atoms with E-state index in [9.17, 15) is 8.42 Å². The van der Waals surface area contributed by atoms with E-state index in [1.165, 1.54) is 11.3 Å². The highest BCUT2D eigenvalue weighted by molar-refractivity contribution is 7.92. The lowest BCUT2D eigenvalue weighted by atomic mass is 10.3. The molecule has 1 aromatic rings. The molecule has 1 atom stereocenters. The summed E-state index contributed by atoms with van der Waals surface area (Å²) in [5, 5.41) is 11.7. The van der Waals surface area contributed by atoms with E-state index in [-0.39, 0.29) is 11.8 Å². The molecular weight excluding hydrogens is 248 g/mol. The molecule has 2 N–H and O–H groups in total. The molecular formula is C8H14N4O2S2. The van der Waals surface area contributed by atoms with E-state index in [1.54, 1.807) is 6.92 Å². The number of nitrogens with zero attached hydrogens (tertiary/aromatic N) is 2. The molecule has 90 valence electrons. The number of hydrogen-bond acceptors (Lipinski definition) is 6. The summed E-state index contributed by atoms with van der Waals surface area (Å²) < 4.78 is 25.9. The van der Waals surface area contributed by atoms with Crippen molar-refractivity contribution in [3.05, 3.63) is 5.01 Å². The summed E-state index contributed by atoms with van der Waals surface area (Å²) in [4.78, 5) is 0. The number of rotatable bonds is 4. The van der Waals surface area contributed by atoms with Crippen molar-refractivity contribution < 1.29 is 8.42 Å². The third-order valence-electron chi connectivity index (χ3n) is 2.35. The van der Waals surface area contributed by atoms with Crippen LogP contribution in [-0.2, 0) is 10.0 Å². The van der Waals surface area contributed by atoms with Crippen LogP contribution in [0.3, 0.4) is 0 Å². The van der Waals surface area contributed by atoms with E-state index in [0.717, 1.165) is 24.4 Å². The van der Waals surface area contributed by atoms with Gasteiger partial charge in [0.25, 0.3) is 0 Å². The van der Waals surface area contributed by atoms with Gasteiger partial charge in [0.1, 0.15) is 5.01 Å². The van der Waals surface area contributed by atoms with Crippen molar-refractivity contribution in [3.8, 4) is 0 Å². The van der Waals surface area contributed by atoms with Gasteiger partial charge in [0.15, 0.2) is 0 Å².